The van der Waals surface area contributed by atoms with Gasteiger partial charge in [0.2, 0.25) is 0 Å². The van der Waals surface area contributed by atoms with Crippen LogP contribution in [0.1, 0.15) is 26.3 Å². The van der Waals surface area contributed by atoms with Gasteiger partial charge in [-0.2, -0.15) is 0 Å². The molecule has 0 aromatic heterocycles. The van der Waals surface area contributed by atoms with Crippen molar-refractivity contribution in [2.45, 2.75) is 33.3 Å². The minimum atomic E-state index is -1.10. The van der Waals surface area contributed by atoms with Crippen LogP contribution in [0.15, 0.2) is 24.3 Å². The number of hydrogen-bond donors (Lipinski definition) is 3. The van der Waals surface area contributed by atoms with E-state index < -0.39 is 24.2 Å². The Bertz CT molecular complexity index is 414. The number of aliphatic carboxylic acids is 1. The molecule has 0 aliphatic carbocycles. The number of carbonyl (C=O) groups is 2. The number of aryl methyl sites for hydroxylation is 1. The number of alkyl carbamates (subject to hydrolysis) is 1. The third-order valence-electron chi connectivity index (χ3n) is 1.86. The summed E-state index contributed by atoms with van der Waals surface area (Å²) in [5.74, 6) is -1.10. The molecule has 1 rings (SSSR count). The van der Waals surface area contributed by atoms with Crippen LogP contribution in [-0.2, 0) is 9.53 Å². The van der Waals surface area contributed by atoms with Gasteiger partial charge in [-0.15, -0.1) is 0 Å². The molecule has 0 fully saturated rings. The molecule has 0 spiro atoms. The number of benzene rings is 1. The predicted molar refractivity (Wildman–Crippen MR) is 77.5 cm³/mol. The SMILES string of the molecule is CC(C)(C)OC(=O)NCC(=O)O.Cc1ccc(N)cc1. The van der Waals surface area contributed by atoms with Gasteiger partial charge >= 0.3 is 12.1 Å². The maximum absolute atomic E-state index is 10.8. The van der Waals surface area contributed by atoms with Crippen molar-refractivity contribution in [2.24, 2.45) is 0 Å². The van der Waals surface area contributed by atoms with Crippen molar-refractivity contribution >= 4 is 17.7 Å². The highest BCUT2D eigenvalue weighted by Crippen LogP contribution is 2.06. The fourth-order valence-corrected chi connectivity index (χ4v) is 1.03. The third kappa shape index (κ3) is 10.9. The van der Waals surface area contributed by atoms with Crippen LogP contribution in [-0.4, -0.2) is 29.3 Å². The van der Waals surface area contributed by atoms with Gasteiger partial charge in [-0.05, 0) is 39.8 Å². The molecule has 0 unspecified atom stereocenters. The van der Waals surface area contributed by atoms with Crippen molar-refractivity contribution in [2.75, 3.05) is 12.3 Å². The maximum atomic E-state index is 10.8. The quantitative estimate of drug-likeness (QED) is 0.721. The Morgan fingerprint density at radius 1 is 1.25 bits per heavy atom. The number of nitrogens with one attached hydrogen (secondary N) is 1. The Kier molecular flexibility index (Phi) is 7.14. The van der Waals surface area contributed by atoms with E-state index in [4.69, 9.17) is 15.6 Å². The molecule has 0 atom stereocenters. The largest absolute Gasteiger partial charge is 0.480 e. The number of rotatable bonds is 2. The lowest BCUT2D eigenvalue weighted by Gasteiger charge is -2.19. The average molecular weight is 282 g/mol. The van der Waals surface area contributed by atoms with E-state index >= 15 is 0 Å². The van der Waals surface area contributed by atoms with E-state index in [0.717, 1.165) is 5.69 Å². The summed E-state index contributed by atoms with van der Waals surface area (Å²) < 4.78 is 4.77. The number of anilines is 1. The number of nitrogens with two attached hydrogens (primary N) is 1. The molecule has 4 N–H and O–H groups in total. The zero-order chi connectivity index (χ0) is 15.8. The molecular formula is C14H22N2O4. The average Bonchev–Trinajstić information content (AvgIpc) is 2.29. The van der Waals surface area contributed by atoms with Crippen molar-refractivity contribution < 1.29 is 19.4 Å². The molecule has 6 nitrogen and oxygen atoms in total. The fourth-order valence-electron chi connectivity index (χ4n) is 1.03. The van der Waals surface area contributed by atoms with Gasteiger partial charge in [0.1, 0.15) is 12.1 Å². The van der Waals surface area contributed by atoms with E-state index in [1.165, 1.54) is 5.56 Å². The monoisotopic (exact) mass is 282 g/mol. The van der Waals surface area contributed by atoms with E-state index in [0.29, 0.717) is 0 Å². The van der Waals surface area contributed by atoms with Crippen molar-refractivity contribution in [3.8, 4) is 0 Å². The lowest BCUT2D eigenvalue weighted by Crippen LogP contribution is -2.35. The van der Waals surface area contributed by atoms with Crippen LogP contribution >= 0.6 is 0 Å². The summed E-state index contributed by atoms with van der Waals surface area (Å²) in [6.07, 6.45) is -0.718. The Hall–Kier alpha value is -2.24. The van der Waals surface area contributed by atoms with Crippen LogP contribution in [0.25, 0.3) is 0 Å². The number of hydrogen-bond acceptors (Lipinski definition) is 4. The van der Waals surface area contributed by atoms with Crippen LogP contribution in [0.5, 0.6) is 0 Å². The summed E-state index contributed by atoms with van der Waals surface area (Å²) >= 11 is 0. The topological polar surface area (TPSA) is 102 Å². The van der Waals surface area contributed by atoms with Crippen molar-refractivity contribution in [1.29, 1.82) is 0 Å². The van der Waals surface area contributed by atoms with Gasteiger partial charge in [0.15, 0.2) is 0 Å². The second kappa shape index (κ2) is 8.04. The lowest BCUT2D eigenvalue weighted by molar-refractivity contribution is -0.136. The fraction of sp³-hybridized carbons (Fsp3) is 0.429. The minimum Gasteiger partial charge on any atom is -0.480 e. The second-order valence-corrected chi connectivity index (χ2v) is 5.16. The molecule has 0 aliphatic rings. The molecule has 0 saturated carbocycles. The Balaban J connectivity index is 0.000000388. The van der Waals surface area contributed by atoms with Crippen LogP contribution in [0.2, 0.25) is 0 Å². The number of ether oxygens (including phenoxy) is 1. The highest BCUT2D eigenvalue weighted by Gasteiger charge is 2.16. The molecule has 1 amide bonds. The number of amides is 1. The standard InChI is InChI=1S/C7H13NO4.C7H9N/c1-7(2,3)12-6(11)8-4-5(9)10;1-6-2-4-7(8)5-3-6/h4H2,1-3H3,(H,8,11)(H,9,10);2-5H,8H2,1H3. The first kappa shape index (κ1) is 17.8. The molecule has 0 saturated heterocycles. The highest BCUT2D eigenvalue weighted by atomic mass is 16.6. The Morgan fingerprint density at radius 3 is 2.10 bits per heavy atom. The molecule has 1 aromatic rings. The summed E-state index contributed by atoms with van der Waals surface area (Å²) in [6, 6.07) is 7.79. The minimum absolute atomic E-state index is 0.422. The van der Waals surface area contributed by atoms with Gasteiger partial charge in [-0.25, -0.2) is 4.79 Å². The van der Waals surface area contributed by atoms with Gasteiger partial charge in [-0.1, -0.05) is 17.7 Å². The lowest BCUT2D eigenvalue weighted by atomic mass is 10.2. The summed E-state index contributed by atoms with van der Waals surface area (Å²) in [5, 5.41) is 10.3. The van der Waals surface area contributed by atoms with E-state index in [1.54, 1.807) is 20.8 Å². The molecule has 0 bridgehead atoms. The van der Waals surface area contributed by atoms with Crippen LogP contribution in [0, 0.1) is 6.92 Å². The second-order valence-electron chi connectivity index (χ2n) is 5.16. The number of carboxylic acids is 1. The van der Waals surface area contributed by atoms with Gasteiger partial charge < -0.3 is 20.9 Å². The van der Waals surface area contributed by atoms with E-state index in [-0.39, 0.29) is 0 Å². The number of carboxylic acid groups (broad SMARTS) is 1. The van der Waals surface area contributed by atoms with Crippen molar-refractivity contribution in [3.05, 3.63) is 29.8 Å². The Labute approximate surface area is 118 Å². The van der Waals surface area contributed by atoms with E-state index in [9.17, 15) is 9.59 Å². The molecule has 0 aliphatic heterocycles. The summed E-state index contributed by atoms with van der Waals surface area (Å²) in [4.78, 5) is 20.8. The van der Waals surface area contributed by atoms with Crippen molar-refractivity contribution in [3.63, 3.8) is 0 Å². The normalized spacial score (nSPS) is 10.0. The molecule has 6 heteroatoms. The van der Waals surface area contributed by atoms with Gasteiger partial charge in [0.05, 0.1) is 0 Å². The molecule has 0 radical (unpaired) electrons. The first-order chi connectivity index (χ1) is 9.10. The van der Waals surface area contributed by atoms with Crippen LogP contribution in [0.4, 0.5) is 10.5 Å². The zero-order valence-corrected chi connectivity index (χ0v) is 12.3. The van der Waals surface area contributed by atoms with Crippen LogP contribution in [0.3, 0.4) is 0 Å². The van der Waals surface area contributed by atoms with E-state index in [2.05, 4.69) is 5.32 Å². The van der Waals surface area contributed by atoms with Gasteiger partial charge in [-0.3, -0.25) is 4.79 Å². The zero-order valence-electron chi connectivity index (χ0n) is 12.3. The molecule has 20 heavy (non-hydrogen) atoms. The van der Waals surface area contributed by atoms with Gasteiger partial charge in [0.25, 0.3) is 0 Å². The molecule has 0 heterocycles. The summed E-state index contributed by atoms with van der Waals surface area (Å²) in [7, 11) is 0. The predicted octanol–water partition coefficient (Wildman–Crippen LogP) is 2.17. The summed E-state index contributed by atoms with van der Waals surface area (Å²) in [5.41, 5.74) is 6.91. The number of carbonyl (C=O) groups excluding carboxylic acids is 1. The Morgan fingerprint density at radius 2 is 1.75 bits per heavy atom. The molecule has 1 aromatic carbocycles. The van der Waals surface area contributed by atoms with Crippen LogP contribution < -0.4 is 11.1 Å². The maximum Gasteiger partial charge on any atom is 0.408 e. The molecule has 112 valence electrons. The molecular weight excluding hydrogens is 260 g/mol. The van der Waals surface area contributed by atoms with E-state index in [1.807, 2.05) is 31.2 Å². The first-order valence-electron chi connectivity index (χ1n) is 6.11. The smallest absolute Gasteiger partial charge is 0.408 e. The first-order valence-corrected chi connectivity index (χ1v) is 6.11. The van der Waals surface area contributed by atoms with Crippen molar-refractivity contribution in [1.82, 2.24) is 5.32 Å². The van der Waals surface area contributed by atoms with Gasteiger partial charge in [0, 0.05) is 5.69 Å². The third-order valence-corrected chi connectivity index (χ3v) is 1.86. The summed E-state index contributed by atoms with van der Waals surface area (Å²) in [6.45, 7) is 6.72. The number of nitrogen functional groups attached to an aromatic ring is 1. The highest BCUT2D eigenvalue weighted by molar-refractivity contribution is 5.76.